The molecule has 0 spiro atoms. The van der Waals surface area contributed by atoms with Crippen LogP contribution < -0.4 is 14.8 Å². The average molecular weight is 327 g/mol. The monoisotopic (exact) mass is 327 g/mol. The summed E-state index contributed by atoms with van der Waals surface area (Å²) in [4.78, 5) is 11.7. The van der Waals surface area contributed by atoms with E-state index in [1.807, 2.05) is 12.1 Å². The van der Waals surface area contributed by atoms with E-state index < -0.39 is 9.84 Å². The molecule has 0 aliphatic carbocycles. The van der Waals surface area contributed by atoms with E-state index in [0.717, 1.165) is 0 Å². The summed E-state index contributed by atoms with van der Waals surface area (Å²) in [5.74, 6) is 1.51. The van der Waals surface area contributed by atoms with Gasteiger partial charge < -0.3 is 14.8 Å². The zero-order chi connectivity index (χ0) is 16.0. The zero-order valence-electron chi connectivity index (χ0n) is 12.6. The van der Waals surface area contributed by atoms with Crippen LogP contribution >= 0.6 is 0 Å². The number of hydrogen-bond acceptors (Lipinski definition) is 5. The first kappa shape index (κ1) is 16.6. The molecule has 0 radical (unpaired) electrons. The number of carbonyl (C=O) groups excluding carboxylic acids is 1. The Morgan fingerprint density at radius 2 is 2.05 bits per heavy atom. The van der Waals surface area contributed by atoms with E-state index >= 15 is 0 Å². The number of amides is 1. The van der Waals surface area contributed by atoms with Gasteiger partial charge in [-0.05, 0) is 24.5 Å². The van der Waals surface area contributed by atoms with E-state index in [0.29, 0.717) is 24.5 Å². The van der Waals surface area contributed by atoms with Crippen molar-refractivity contribution in [2.45, 2.75) is 12.8 Å². The molecule has 7 heteroatoms. The molecule has 122 valence electrons. The highest BCUT2D eigenvalue weighted by molar-refractivity contribution is 7.91. The summed E-state index contributed by atoms with van der Waals surface area (Å²) in [7, 11) is -1.33. The lowest BCUT2D eigenvalue weighted by atomic mass is 10.1. The molecule has 1 atom stereocenters. The van der Waals surface area contributed by atoms with Crippen molar-refractivity contribution in [1.29, 1.82) is 0 Å². The second kappa shape index (κ2) is 7.49. The van der Waals surface area contributed by atoms with Gasteiger partial charge in [0.15, 0.2) is 21.3 Å². The van der Waals surface area contributed by atoms with Crippen molar-refractivity contribution in [2.24, 2.45) is 5.92 Å². The van der Waals surface area contributed by atoms with Gasteiger partial charge in [0.25, 0.3) is 0 Å². The summed E-state index contributed by atoms with van der Waals surface area (Å²) in [6.45, 7) is 0.655. The van der Waals surface area contributed by atoms with Crippen molar-refractivity contribution in [1.82, 2.24) is 5.32 Å². The number of para-hydroxylation sites is 2. The van der Waals surface area contributed by atoms with Crippen molar-refractivity contribution in [2.75, 3.05) is 31.8 Å². The van der Waals surface area contributed by atoms with Crippen molar-refractivity contribution < 1.29 is 22.7 Å². The minimum absolute atomic E-state index is 0.0316. The number of benzene rings is 1. The predicted octanol–water partition coefficient (Wildman–Crippen LogP) is 1.02. The Morgan fingerprint density at radius 3 is 2.68 bits per heavy atom. The van der Waals surface area contributed by atoms with Crippen LogP contribution in [-0.2, 0) is 14.6 Å². The molecular formula is C15H21NO5S. The van der Waals surface area contributed by atoms with Gasteiger partial charge in [0.2, 0.25) is 5.91 Å². The van der Waals surface area contributed by atoms with E-state index in [2.05, 4.69) is 5.32 Å². The topological polar surface area (TPSA) is 81.7 Å². The van der Waals surface area contributed by atoms with Gasteiger partial charge >= 0.3 is 0 Å². The van der Waals surface area contributed by atoms with E-state index in [1.165, 1.54) is 0 Å². The molecule has 1 N–H and O–H groups in total. The fourth-order valence-electron chi connectivity index (χ4n) is 2.37. The number of methoxy groups -OCH3 is 1. The van der Waals surface area contributed by atoms with Gasteiger partial charge in [0.05, 0.1) is 31.6 Å². The molecule has 6 nitrogen and oxygen atoms in total. The van der Waals surface area contributed by atoms with Crippen LogP contribution in [0.5, 0.6) is 11.5 Å². The Labute approximate surface area is 130 Å². The van der Waals surface area contributed by atoms with E-state index in [-0.39, 0.29) is 36.4 Å². The maximum absolute atomic E-state index is 11.7. The summed E-state index contributed by atoms with van der Waals surface area (Å²) in [5, 5.41) is 2.76. The molecule has 1 aliphatic rings. The number of carbonyl (C=O) groups is 1. The molecule has 1 amide bonds. The number of hydrogen-bond donors (Lipinski definition) is 1. The van der Waals surface area contributed by atoms with Gasteiger partial charge in [-0.2, -0.15) is 0 Å². The predicted molar refractivity (Wildman–Crippen MR) is 82.9 cm³/mol. The van der Waals surface area contributed by atoms with Gasteiger partial charge in [-0.1, -0.05) is 12.1 Å². The molecule has 2 rings (SSSR count). The normalized spacial score (nSPS) is 19.6. The Balaban J connectivity index is 1.68. The van der Waals surface area contributed by atoms with Crippen LogP contribution in [0.25, 0.3) is 0 Å². The van der Waals surface area contributed by atoms with Gasteiger partial charge in [-0.25, -0.2) is 8.42 Å². The maximum atomic E-state index is 11.7. The first-order chi connectivity index (χ1) is 10.5. The highest BCUT2D eigenvalue weighted by Crippen LogP contribution is 2.25. The molecule has 1 aromatic rings. The number of ether oxygens (including phenoxy) is 2. The molecule has 0 saturated carbocycles. The zero-order valence-corrected chi connectivity index (χ0v) is 13.4. The first-order valence-electron chi connectivity index (χ1n) is 7.23. The third-order valence-corrected chi connectivity index (χ3v) is 5.41. The minimum Gasteiger partial charge on any atom is -0.493 e. The third-order valence-electron chi connectivity index (χ3n) is 3.57. The second-order valence-corrected chi connectivity index (χ2v) is 7.55. The molecule has 0 unspecified atom stereocenters. The molecular weight excluding hydrogens is 306 g/mol. The summed E-state index contributed by atoms with van der Waals surface area (Å²) >= 11 is 0. The van der Waals surface area contributed by atoms with E-state index in [1.54, 1.807) is 19.2 Å². The largest absolute Gasteiger partial charge is 0.493 e. The van der Waals surface area contributed by atoms with Gasteiger partial charge in [0.1, 0.15) is 0 Å². The number of rotatable bonds is 7. The summed E-state index contributed by atoms with van der Waals surface area (Å²) in [6, 6.07) is 7.24. The Hall–Kier alpha value is -1.76. The third kappa shape index (κ3) is 4.91. The number of nitrogens with one attached hydrogen (secondary N) is 1. The van der Waals surface area contributed by atoms with Gasteiger partial charge in [0, 0.05) is 6.54 Å². The molecule has 22 heavy (non-hydrogen) atoms. The molecule has 0 bridgehead atoms. The van der Waals surface area contributed by atoms with E-state index in [4.69, 9.17) is 9.47 Å². The standard InChI is InChI=1S/C15H21NO5S/c1-20-13-4-2-3-5-14(13)21-8-6-15(17)16-10-12-7-9-22(18,19)11-12/h2-5,12H,6-11H2,1H3,(H,16,17)/t12-/m1/s1. The molecule has 1 heterocycles. The van der Waals surface area contributed by atoms with Crippen LogP contribution in [0.3, 0.4) is 0 Å². The highest BCUT2D eigenvalue weighted by atomic mass is 32.2. The van der Waals surface area contributed by atoms with Crippen LogP contribution in [0.2, 0.25) is 0 Å². The number of sulfone groups is 1. The van der Waals surface area contributed by atoms with Crippen molar-refractivity contribution >= 4 is 15.7 Å². The van der Waals surface area contributed by atoms with Crippen molar-refractivity contribution in [3.05, 3.63) is 24.3 Å². The van der Waals surface area contributed by atoms with Crippen LogP contribution in [0.1, 0.15) is 12.8 Å². The maximum Gasteiger partial charge on any atom is 0.223 e. The Kier molecular flexibility index (Phi) is 5.65. The summed E-state index contributed by atoms with van der Waals surface area (Å²) < 4.78 is 33.3. The molecule has 0 aromatic heterocycles. The van der Waals surface area contributed by atoms with Crippen LogP contribution in [0, 0.1) is 5.92 Å². The minimum atomic E-state index is -2.89. The fourth-order valence-corrected chi connectivity index (χ4v) is 4.23. The first-order valence-corrected chi connectivity index (χ1v) is 9.05. The quantitative estimate of drug-likeness (QED) is 0.808. The Morgan fingerprint density at radius 1 is 1.32 bits per heavy atom. The second-order valence-electron chi connectivity index (χ2n) is 5.32. The smallest absolute Gasteiger partial charge is 0.223 e. The van der Waals surface area contributed by atoms with Gasteiger partial charge in [-0.3, -0.25) is 4.79 Å². The van der Waals surface area contributed by atoms with Crippen LogP contribution in [-0.4, -0.2) is 46.1 Å². The lowest BCUT2D eigenvalue weighted by Gasteiger charge is -2.11. The van der Waals surface area contributed by atoms with E-state index in [9.17, 15) is 13.2 Å². The van der Waals surface area contributed by atoms with Crippen LogP contribution in [0.4, 0.5) is 0 Å². The lowest BCUT2D eigenvalue weighted by molar-refractivity contribution is -0.121. The van der Waals surface area contributed by atoms with Gasteiger partial charge in [-0.15, -0.1) is 0 Å². The fraction of sp³-hybridized carbons (Fsp3) is 0.533. The summed E-state index contributed by atoms with van der Waals surface area (Å²) in [5.41, 5.74) is 0. The Bertz CT molecular complexity index is 614. The van der Waals surface area contributed by atoms with Crippen molar-refractivity contribution in [3.8, 4) is 11.5 Å². The van der Waals surface area contributed by atoms with Crippen molar-refractivity contribution in [3.63, 3.8) is 0 Å². The van der Waals surface area contributed by atoms with Crippen LogP contribution in [0.15, 0.2) is 24.3 Å². The SMILES string of the molecule is COc1ccccc1OCCC(=O)NC[C@H]1CCS(=O)(=O)C1. The molecule has 1 saturated heterocycles. The average Bonchev–Trinajstić information content (AvgIpc) is 2.85. The lowest BCUT2D eigenvalue weighted by Crippen LogP contribution is -2.30. The highest BCUT2D eigenvalue weighted by Gasteiger charge is 2.27. The molecule has 1 aromatic carbocycles. The molecule has 1 fully saturated rings. The summed E-state index contributed by atoms with van der Waals surface area (Å²) in [6.07, 6.45) is 0.845. The molecule has 1 aliphatic heterocycles.